The van der Waals surface area contributed by atoms with E-state index in [4.69, 9.17) is 0 Å². The van der Waals surface area contributed by atoms with Crippen LogP contribution in [0.1, 0.15) is 38.3 Å². The van der Waals surface area contributed by atoms with E-state index in [-0.39, 0.29) is 17.7 Å². The highest BCUT2D eigenvalue weighted by Crippen LogP contribution is 2.18. The Kier molecular flexibility index (Phi) is 4.62. The van der Waals surface area contributed by atoms with Gasteiger partial charge in [0.25, 0.3) is 0 Å². The summed E-state index contributed by atoms with van der Waals surface area (Å²) in [6.45, 7) is 8.52. The zero-order valence-electron chi connectivity index (χ0n) is 11.2. The molecule has 17 heavy (non-hydrogen) atoms. The van der Waals surface area contributed by atoms with Gasteiger partial charge in [0.2, 0.25) is 0 Å². The summed E-state index contributed by atoms with van der Waals surface area (Å²) in [5.74, 6) is 0.195. The average molecular weight is 231 g/mol. The van der Waals surface area contributed by atoms with Gasteiger partial charge in [-0.05, 0) is 17.9 Å². The molecule has 0 radical (unpaired) electrons. The zero-order chi connectivity index (χ0) is 12.9. The van der Waals surface area contributed by atoms with Crippen molar-refractivity contribution >= 4 is 12.0 Å². The average Bonchev–Trinajstić information content (AvgIpc) is 2.18. The van der Waals surface area contributed by atoms with Crippen molar-refractivity contribution in [3.8, 4) is 0 Å². The summed E-state index contributed by atoms with van der Waals surface area (Å²) >= 11 is 0. The molecule has 0 aliphatic carbocycles. The molecule has 0 N–H and O–H groups in total. The minimum absolute atomic E-state index is 0.0520. The van der Waals surface area contributed by atoms with Gasteiger partial charge in [-0.3, -0.25) is 9.79 Å². The molecular formula is C15H21NO. The third-order valence-corrected chi connectivity index (χ3v) is 2.31. The number of carbonyl (C=O) groups is 1. The van der Waals surface area contributed by atoms with E-state index in [9.17, 15) is 4.79 Å². The van der Waals surface area contributed by atoms with Crippen LogP contribution in [0.3, 0.4) is 0 Å². The van der Waals surface area contributed by atoms with Crippen molar-refractivity contribution < 1.29 is 4.79 Å². The lowest BCUT2D eigenvalue weighted by Gasteiger charge is -2.15. The molecule has 0 fully saturated rings. The number of nitrogens with zero attached hydrogens (tertiary/aromatic N) is 1. The maximum absolute atomic E-state index is 11.6. The highest BCUT2D eigenvalue weighted by atomic mass is 16.1. The highest BCUT2D eigenvalue weighted by Gasteiger charge is 2.14. The van der Waals surface area contributed by atoms with Gasteiger partial charge >= 0.3 is 0 Å². The number of aryl methyl sites for hydroxylation is 1. The monoisotopic (exact) mass is 231 g/mol. The minimum atomic E-state index is 0.0520. The van der Waals surface area contributed by atoms with E-state index >= 15 is 0 Å². The number of rotatable bonds is 4. The van der Waals surface area contributed by atoms with E-state index in [0.717, 1.165) is 5.56 Å². The summed E-state index contributed by atoms with van der Waals surface area (Å²) in [7, 11) is 0. The van der Waals surface area contributed by atoms with Gasteiger partial charge in [0.1, 0.15) is 0 Å². The fourth-order valence-electron chi connectivity index (χ4n) is 1.55. The van der Waals surface area contributed by atoms with Gasteiger partial charge in [0.05, 0.1) is 6.54 Å². The number of ketones is 1. The summed E-state index contributed by atoms with van der Waals surface area (Å²) in [4.78, 5) is 15.8. The third kappa shape index (κ3) is 6.00. The van der Waals surface area contributed by atoms with Gasteiger partial charge in [0.15, 0.2) is 5.78 Å². The van der Waals surface area contributed by atoms with Gasteiger partial charge in [-0.15, -0.1) is 0 Å². The molecule has 2 heteroatoms. The van der Waals surface area contributed by atoms with E-state index in [1.165, 1.54) is 5.56 Å². The van der Waals surface area contributed by atoms with Gasteiger partial charge in [0, 0.05) is 12.6 Å². The second-order valence-corrected chi connectivity index (χ2v) is 5.66. The standard InChI is InChI=1S/C15H21NO/c1-12-5-7-13(8-6-12)10-16-11-14(17)9-15(2,3)4/h5-8,10H,9,11H2,1-4H3. The summed E-state index contributed by atoms with van der Waals surface area (Å²) < 4.78 is 0. The normalized spacial score (nSPS) is 12.0. The predicted molar refractivity (Wildman–Crippen MR) is 72.7 cm³/mol. The lowest BCUT2D eigenvalue weighted by atomic mass is 9.90. The molecule has 92 valence electrons. The summed E-state index contributed by atoms with van der Waals surface area (Å²) in [6.07, 6.45) is 2.35. The highest BCUT2D eigenvalue weighted by molar-refractivity contribution is 5.85. The number of hydrogen-bond acceptors (Lipinski definition) is 2. The van der Waals surface area contributed by atoms with Crippen LogP contribution in [0.25, 0.3) is 0 Å². The summed E-state index contributed by atoms with van der Waals surface area (Å²) in [5.41, 5.74) is 2.32. The smallest absolute Gasteiger partial charge is 0.154 e. The largest absolute Gasteiger partial charge is 0.298 e. The molecule has 1 aromatic carbocycles. The third-order valence-electron chi connectivity index (χ3n) is 2.31. The first-order chi connectivity index (χ1) is 7.87. The summed E-state index contributed by atoms with van der Waals surface area (Å²) in [5, 5.41) is 0. The second kappa shape index (κ2) is 5.76. The Morgan fingerprint density at radius 3 is 2.35 bits per heavy atom. The molecule has 2 nitrogen and oxygen atoms in total. The number of carbonyl (C=O) groups excluding carboxylic acids is 1. The van der Waals surface area contributed by atoms with Crippen LogP contribution in [-0.2, 0) is 4.79 Å². The van der Waals surface area contributed by atoms with Gasteiger partial charge in [-0.1, -0.05) is 50.6 Å². The van der Waals surface area contributed by atoms with Crippen LogP contribution in [0.15, 0.2) is 29.3 Å². The Hall–Kier alpha value is -1.44. The lowest BCUT2D eigenvalue weighted by Crippen LogP contribution is -2.14. The van der Waals surface area contributed by atoms with Crippen LogP contribution in [0.5, 0.6) is 0 Å². The fourth-order valence-corrected chi connectivity index (χ4v) is 1.55. The van der Waals surface area contributed by atoms with Crippen molar-refractivity contribution in [2.45, 2.75) is 34.1 Å². The molecule has 0 amide bonds. The van der Waals surface area contributed by atoms with Gasteiger partial charge < -0.3 is 0 Å². The van der Waals surface area contributed by atoms with Crippen molar-refractivity contribution in [1.82, 2.24) is 0 Å². The molecule has 0 aliphatic heterocycles. The van der Waals surface area contributed by atoms with Gasteiger partial charge in [-0.25, -0.2) is 0 Å². The molecule has 0 bridgehead atoms. The first kappa shape index (κ1) is 13.6. The number of benzene rings is 1. The molecule has 0 atom stereocenters. The number of Topliss-reactive ketones (excluding diaryl/α,β-unsaturated/α-hetero) is 1. The fraction of sp³-hybridized carbons (Fsp3) is 0.467. The second-order valence-electron chi connectivity index (χ2n) is 5.66. The van der Waals surface area contributed by atoms with Crippen LogP contribution in [-0.4, -0.2) is 18.5 Å². The van der Waals surface area contributed by atoms with Crippen molar-refractivity contribution in [3.05, 3.63) is 35.4 Å². The Labute approximate surface area is 104 Å². The molecule has 0 saturated carbocycles. The van der Waals surface area contributed by atoms with Crippen molar-refractivity contribution in [3.63, 3.8) is 0 Å². The lowest BCUT2D eigenvalue weighted by molar-refractivity contribution is -0.119. The number of aliphatic imine (C=N–C) groups is 1. The molecule has 0 heterocycles. The van der Waals surface area contributed by atoms with E-state index in [2.05, 4.69) is 25.8 Å². The van der Waals surface area contributed by atoms with Crippen LogP contribution < -0.4 is 0 Å². The maximum Gasteiger partial charge on any atom is 0.154 e. The van der Waals surface area contributed by atoms with E-state index in [0.29, 0.717) is 6.42 Å². The molecule has 0 spiro atoms. The van der Waals surface area contributed by atoms with Crippen LogP contribution >= 0.6 is 0 Å². The maximum atomic E-state index is 11.6. The van der Waals surface area contributed by atoms with E-state index < -0.39 is 0 Å². The SMILES string of the molecule is Cc1ccc(C=NCC(=O)CC(C)(C)C)cc1. The molecule has 1 aromatic rings. The number of hydrogen-bond donors (Lipinski definition) is 0. The quantitative estimate of drug-likeness (QED) is 0.730. The molecule has 0 saturated heterocycles. The minimum Gasteiger partial charge on any atom is -0.298 e. The Morgan fingerprint density at radius 2 is 1.82 bits per heavy atom. The van der Waals surface area contributed by atoms with Crippen molar-refractivity contribution in [1.29, 1.82) is 0 Å². The Morgan fingerprint density at radius 1 is 1.24 bits per heavy atom. The first-order valence-electron chi connectivity index (χ1n) is 5.95. The van der Waals surface area contributed by atoms with Crippen molar-refractivity contribution in [2.24, 2.45) is 10.4 Å². The van der Waals surface area contributed by atoms with E-state index in [1.54, 1.807) is 6.21 Å². The summed E-state index contributed by atoms with van der Waals surface area (Å²) in [6, 6.07) is 8.09. The molecule has 0 unspecified atom stereocenters. The molecule has 0 aromatic heterocycles. The molecule has 0 aliphatic rings. The topological polar surface area (TPSA) is 29.4 Å². The zero-order valence-corrected chi connectivity index (χ0v) is 11.2. The van der Waals surface area contributed by atoms with Gasteiger partial charge in [-0.2, -0.15) is 0 Å². The van der Waals surface area contributed by atoms with Crippen molar-refractivity contribution in [2.75, 3.05) is 6.54 Å². The molecular weight excluding hydrogens is 210 g/mol. The van der Waals surface area contributed by atoms with Crippen LogP contribution in [0.2, 0.25) is 0 Å². The van der Waals surface area contributed by atoms with E-state index in [1.807, 2.05) is 31.2 Å². The van der Waals surface area contributed by atoms with Crippen LogP contribution in [0, 0.1) is 12.3 Å². The Bertz CT molecular complexity index is 396. The predicted octanol–water partition coefficient (Wildman–Crippen LogP) is 3.42. The molecule has 1 rings (SSSR count). The first-order valence-corrected chi connectivity index (χ1v) is 5.95. The Balaban J connectivity index is 2.45. The van der Waals surface area contributed by atoms with Crippen LogP contribution in [0.4, 0.5) is 0 Å².